The Labute approximate surface area is 95.7 Å². The van der Waals surface area contributed by atoms with Crippen LogP contribution in [0.1, 0.15) is 18.9 Å². The van der Waals surface area contributed by atoms with E-state index in [1.165, 1.54) is 11.1 Å². The second-order valence-corrected chi connectivity index (χ2v) is 3.48. The molecule has 0 aliphatic rings. The Morgan fingerprint density at radius 2 is 2.33 bits per heavy atom. The van der Waals surface area contributed by atoms with E-state index in [9.17, 15) is 0 Å². The maximum atomic E-state index is 5.49. The summed E-state index contributed by atoms with van der Waals surface area (Å²) in [5.74, 6) is 0. The molecular weight excluding hydrogens is 208 g/mol. The fourth-order valence-electron chi connectivity index (χ4n) is 1.16. The third kappa shape index (κ3) is 4.17. The third-order valence-electron chi connectivity index (χ3n) is 1.96. The molecule has 0 fully saturated rings. The predicted molar refractivity (Wildman–Crippen MR) is 67.5 cm³/mol. The zero-order chi connectivity index (χ0) is 11.1. The van der Waals surface area contributed by atoms with Gasteiger partial charge in [-0.3, -0.25) is 5.43 Å². The molecule has 0 saturated carbocycles. The van der Waals surface area contributed by atoms with E-state index in [0.717, 1.165) is 17.8 Å². The predicted octanol–water partition coefficient (Wildman–Crippen LogP) is 3.93. The molecule has 1 aromatic rings. The summed E-state index contributed by atoms with van der Waals surface area (Å²) in [4.78, 5) is 0. The minimum atomic E-state index is 0.849. The summed E-state index contributed by atoms with van der Waals surface area (Å²) in [5, 5.41) is 4.24. The molecular formula is C12H15ClN2. The van der Waals surface area contributed by atoms with Crippen LogP contribution in [0.15, 0.2) is 41.0 Å². The third-order valence-corrected chi connectivity index (χ3v) is 2.09. The van der Waals surface area contributed by atoms with Gasteiger partial charge in [0.05, 0.1) is 11.4 Å². The minimum Gasteiger partial charge on any atom is -0.278 e. The summed E-state index contributed by atoms with van der Waals surface area (Å²) in [6.45, 7) is 4.09. The summed E-state index contributed by atoms with van der Waals surface area (Å²) in [7, 11) is 0. The maximum absolute atomic E-state index is 5.49. The minimum absolute atomic E-state index is 0.849. The fraction of sp³-hybridized carbons (Fsp3) is 0.250. The zero-order valence-electron chi connectivity index (χ0n) is 9.00. The Morgan fingerprint density at radius 1 is 1.53 bits per heavy atom. The van der Waals surface area contributed by atoms with Crippen molar-refractivity contribution in [2.45, 2.75) is 20.3 Å². The maximum Gasteiger partial charge on any atom is 0.0613 e. The molecule has 3 heteroatoms. The first kappa shape index (κ1) is 11.8. The number of halogens is 1. The van der Waals surface area contributed by atoms with Crippen LogP contribution in [0.3, 0.4) is 0 Å². The first-order valence-corrected chi connectivity index (χ1v) is 5.36. The quantitative estimate of drug-likeness (QED) is 0.606. The fourth-order valence-corrected chi connectivity index (χ4v) is 1.30. The zero-order valence-corrected chi connectivity index (χ0v) is 9.75. The van der Waals surface area contributed by atoms with Gasteiger partial charge in [-0.2, -0.15) is 5.10 Å². The van der Waals surface area contributed by atoms with Gasteiger partial charge in [-0.15, -0.1) is 0 Å². The van der Waals surface area contributed by atoms with E-state index in [0.29, 0.717) is 0 Å². The summed E-state index contributed by atoms with van der Waals surface area (Å²) in [5.41, 5.74) is 7.59. The van der Waals surface area contributed by atoms with E-state index < -0.39 is 0 Å². The largest absolute Gasteiger partial charge is 0.278 e. The highest BCUT2D eigenvalue weighted by Crippen LogP contribution is 2.09. The second kappa shape index (κ2) is 6.25. The average Bonchev–Trinajstić information content (AvgIpc) is 2.24. The van der Waals surface area contributed by atoms with E-state index in [1.54, 1.807) is 6.08 Å². The molecule has 15 heavy (non-hydrogen) atoms. The molecule has 1 aromatic carbocycles. The Kier molecular flexibility index (Phi) is 4.91. The van der Waals surface area contributed by atoms with Crippen LogP contribution in [0.4, 0.5) is 5.69 Å². The van der Waals surface area contributed by atoms with E-state index in [4.69, 9.17) is 11.6 Å². The Hall–Kier alpha value is -1.28. The average molecular weight is 223 g/mol. The lowest BCUT2D eigenvalue weighted by atomic mass is 10.2. The van der Waals surface area contributed by atoms with Gasteiger partial charge in [0.2, 0.25) is 0 Å². The smallest absolute Gasteiger partial charge is 0.0613 e. The first-order valence-electron chi connectivity index (χ1n) is 4.92. The van der Waals surface area contributed by atoms with Gasteiger partial charge >= 0.3 is 0 Å². The number of rotatable bonds is 4. The van der Waals surface area contributed by atoms with Crippen molar-refractivity contribution in [3.63, 3.8) is 0 Å². The van der Waals surface area contributed by atoms with Crippen LogP contribution < -0.4 is 5.43 Å². The van der Waals surface area contributed by atoms with E-state index in [-0.39, 0.29) is 0 Å². The number of benzene rings is 1. The van der Waals surface area contributed by atoms with Crippen molar-refractivity contribution in [3.8, 4) is 0 Å². The van der Waals surface area contributed by atoms with Crippen molar-refractivity contribution in [3.05, 3.63) is 41.4 Å². The molecule has 0 spiro atoms. The van der Waals surface area contributed by atoms with Crippen molar-refractivity contribution in [1.82, 2.24) is 0 Å². The summed E-state index contributed by atoms with van der Waals surface area (Å²) in [6, 6.07) is 8.07. The van der Waals surface area contributed by atoms with Gasteiger partial charge in [-0.1, -0.05) is 30.7 Å². The lowest BCUT2D eigenvalue weighted by Crippen LogP contribution is -1.97. The number of hydrogen-bond donors (Lipinski definition) is 1. The normalized spacial score (nSPS) is 12.1. The number of allylic oxidation sites excluding steroid dienone is 1. The van der Waals surface area contributed by atoms with Gasteiger partial charge in [0.15, 0.2) is 0 Å². The van der Waals surface area contributed by atoms with Crippen LogP contribution in [-0.4, -0.2) is 5.71 Å². The number of hydrogen-bond acceptors (Lipinski definition) is 2. The Balaban J connectivity index is 2.69. The van der Waals surface area contributed by atoms with Crippen molar-refractivity contribution in [2.75, 3.05) is 5.43 Å². The van der Waals surface area contributed by atoms with Crippen LogP contribution in [0, 0.1) is 6.92 Å². The van der Waals surface area contributed by atoms with Gasteiger partial charge in [-0.05, 0) is 37.1 Å². The van der Waals surface area contributed by atoms with Gasteiger partial charge in [0, 0.05) is 5.54 Å². The molecule has 0 saturated heterocycles. The first-order chi connectivity index (χ1) is 7.26. The lowest BCUT2D eigenvalue weighted by Gasteiger charge is -2.02. The van der Waals surface area contributed by atoms with Crippen LogP contribution in [0.2, 0.25) is 0 Å². The molecule has 80 valence electrons. The van der Waals surface area contributed by atoms with Crippen molar-refractivity contribution >= 4 is 23.0 Å². The number of nitrogens with zero attached hydrogens (tertiary/aromatic N) is 1. The molecule has 0 amide bonds. The molecule has 0 atom stereocenters. The van der Waals surface area contributed by atoms with Gasteiger partial charge in [0.1, 0.15) is 0 Å². The monoisotopic (exact) mass is 222 g/mol. The number of anilines is 1. The molecule has 0 heterocycles. The summed E-state index contributed by atoms with van der Waals surface area (Å²) in [6.07, 6.45) is 2.63. The van der Waals surface area contributed by atoms with E-state index >= 15 is 0 Å². The Bertz CT molecular complexity index is 370. The van der Waals surface area contributed by atoms with E-state index in [1.807, 2.05) is 38.1 Å². The van der Waals surface area contributed by atoms with Crippen LogP contribution in [0.5, 0.6) is 0 Å². The van der Waals surface area contributed by atoms with Crippen molar-refractivity contribution in [2.24, 2.45) is 5.10 Å². The summed E-state index contributed by atoms with van der Waals surface area (Å²) < 4.78 is 0. The number of hydrazone groups is 1. The second-order valence-electron chi connectivity index (χ2n) is 3.23. The highest BCUT2D eigenvalue weighted by atomic mass is 35.5. The molecule has 0 unspecified atom stereocenters. The van der Waals surface area contributed by atoms with Crippen LogP contribution >= 0.6 is 11.6 Å². The van der Waals surface area contributed by atoms with Crippen molar-refractivity contribution < 1.29 is 0 Å². The van der Waals surface area contributed by atoms with Crippen LogP contribution in [0.25, 0.3) is 0 Å². The van der Waals surface area contributed by atoms with Crippen molar-refractivity contribution in [1.29, 1.82) is 0 Å². The van der Waals surface area contributed by atoms with E-state index in [2.05, 4.69) is 10.5 Å². The molecule has 1 rings (SSSR count). The SMILES string of the molecule is CCC(/C=C\Cl)=NNc1cccc(C)c1. The van der Waals surface area contributed by atoms with Gasteiger partial charge in [0.25, 0.3) is 0 Å². The summed E-state index contributed by atoms with van der Waals surface area (Å²) >= 11 is 5.49. The van der Waals surface area contributed by atoms with Gasteiger partial charge in [-0.25, -0.2) is 0 Å². The molecule has 0 aliphatic carbocycles. The topological polar surface area (TPSA) is 24.4 Å². The molecule has 0 aromatic heterocycles. The molecule has 0 bridgehead atoms. The van der Waals surface area contributed by atoms with Crippen LogP contribution in [-0.2, 0) is 0 Å². The number of aryl methyl sites for hydroxylation is 1. The molecule has 0 aliphatic heterocycles. The van der Waals surface area contributed by atoms with Gasteiger partial charge < -0.3 is 0 Å². The number of nitrogens with one attached hydrogen (secondary N) is 1. The molecule has 1 N–H and O–H groups in total. The Morgan fingerprint density at radius 3 is 2.93 bits per heavy atom. The lowest BCUT2D eigenvalue weighted by molar-refractivity contribution is 1.23. The highest BCUT2D eigenvalue weighted by molar-refractivity contribution is 6.27. The standard InChI is InChI=1S/C12H15ClN2/c1-3-11(7-8-13)14-15-12-6-4-5-10(2)9-12/h4-9,15H,3H2,1-2H3/b8-7-,14-11?. The highest BCUT2D eigenvalue weighted by Gasteiger charge is 1.92. The molecule has 2 nitrogen and oxygen atoms in total. The molecule has 0 radical (unpaired) electrons.